The Morgan fingerprint density at radius 1 is 0.725 bits per heavy atom. The summed E-state index contributed by atoms with van der Waals surface area (Å²) >= 11 is 0. The van der Waals surface area contributed by atoms with Crippen molar-refractivity contribution in [2.75, 3.05) is 0 Å². The highest BCUT2D eigenvalue weighted by atomic mass is 16.4. The maximum Gasteiger partial charge on any atom is 0.326 e. The molecule has 2 aromatic carbocycles. The van der Waals surface area contributed by atoms with Crippen LogP contribution in [0.4, 0.5) is 0 Å². The van der Waals surface area contributed by atoms with Crippen molar-refractivity contribution in [2.45, 2.75) is 71.1 Å². The summed E-state index contributed by atoms with van der Waals surface area (Å²) in [4.78, 5) is 51.3. The zero-order chi connectivity index (χ0) is 30.0. The van der Waals surface area contributed by atoms with Crippen LogP contribution in [0.3, 0.4) is 0 Å². The van der Waals surface area contributed by atoms with Crippen LogP contribution in [0.25, 0.3) is 0 Å². The van der Waals surface area contributed by atoms with E-state index in [0.29, 0.717) is 12.0 Å². The molecule has 0 aliphatic heterocycles. The van der Waals surface area contributed by atoms with E-state index in [2.05, 4.69) is 16.0 Å². The van der Waals surface area contributed by atoms with Gasteiger partial charge in [-0.25, -0.2) is 4.79 Å². The number of carboxylic acids is 1. The van der Waals surface area contributed by atoms with Gasteiger partial charge in [-0.3, -0.25) is 14.4 Å². The molecular weight excluding hydrogens is 516 g/mol. The fourth-order valence-electron chi connectivity index (χ4n) is 4.05. The van der Waals surface area contributed by atoms with Gasteiger partial charge in [0.05, 0.1) is 6.04 Å². The van der Waals surface area contributed by atoms with E-state index in [0.717, 1.165) is 5.56 Å². The highest BCUT2D eigenvalue weighted by Crippen LogP contribution is 2.14. The smallest absolute Gasteiger partial charge is 0.326 e. The van der Waals surface area contributed by atoms with Crippen LogP contribution in [0, 0.1) is 11.8 Å². The minimum absolute atomic E-state index is 0.0177. The molecule has 11 nitrogen and oxygen atoms in total. The molecule has 0 aliphatic carbocycles. The van der Waals surface area contributed by atoms with Crippen LogP contribution in [-0.2, 0) is 32.0 Å². The minimum Gasteiger partial charge on any atom is -0.508 e. The lowest BCUT2D eigenvalue weighted by atomic mass is 9.97. The quantitative estimate of drug-likeness (QED) is 0.182. The Morgan fingerprint density at radius 2 is 1.20 bits per heavy atom. The van der Waals surface area contributed by atoms with Crippen molar-refractivity contribution in [3.63, 3.8) is 0 Å². The Morgan fingerprint density at radius 3 is 1.65 bits per heavy atom. The van der Waals surface area contributed by atoms with Gasteiger partial charge in [-0.1, -0.05) is 58.4 Å². The standard InChI is InChI=1S/C29H40N4O7/c1-5-17(4)25(29(39)40)33-27(37)23(15-19-8-12-21(35)13-9-19)31-28(38)24(16(2)3)32-26(36)22(30)14-18-6-10-20(34)11-7-18/h6-13,16-17,22-25,34-35H,5,14-15,30H2,1-4H3,(H,31,38)(H,32,36)(H,33,37)(H,39,40). The number of carbonyl (C=O) groups is 4. The molecular formula is C29H40N4O7. The van der Waals surface area contributed by atoms with Gasteiger partial charge in [-0.15, -0.1) is 0 Å². The summed E-state index contributed by atoms with van der Waals surface area (Å²) in [6.45, 7) is 6.98. The molecule has 3 amide bonds. The number of amides is 3. The largest absolute Gasteiger partial charge is 0.508 e. The number of carbonyl (C=O) groups excluding carboxylic acids is 3. The number of phenols is 2. The lowest BCUT2D eigenvalue weighted by Gasteiger charge is -2.28. The van der Waals surface area contributed by atoms with Crippen molar-refractivity contribution < 1.29 is 34.5 Å². The molecule has 2 rings (SSSR count). The van der Waals surface area contributed by atoms with E-state index < -0.39 is 47.9 Å². The number of rotatable bonds is 14. The minimum atomic E-state index is -1.19. The molecule has 40 heavy (non-hydrogen) atoms. The van der Waals surface area contributed by atoms with Crippen LogP contribution in [-0.4, -0.2) is 63.2 Å². The molecule has 11 heteroatoms. The topological polar surface area (TPSA) is 191 Å². The normalized spacial score (nSPS) is 14.8. The van der Waals surface area contributed by atoms with Crippen LogP contribution >= 0.6 is 0 Å². The summed E-state index contributed by atoms with van der Waals surface area (Å²) in [6.07, 6.45) is 0.707. The maximum atomic E-state index is 13.4. The van der Waals surface area contributed by atoms with E-state index in [1.54, 1.807) is 45.0 Å². The maximum absolute atomic E-state index is 13.4. The second-order valence-corrected chi connectivity index (χ2v) is 10.3. The molecule has 5 atom stereocenters. The van der Waals surface area contributed by atoms with E-state index >= 15 is 0 Å². The number of nitrogens with two attached hydrogens (primary N) is 1. The van der Waals surface area contributed by atoms with E-state index in [9.17, 15) is 34.5 Å². The number of hydrogen-bond acceptors (Lipinski definition) is 7. The Kier molecular flexibility index (Phi) is 11.9. The molecule has 0 aromatic heterocycles. The molecule has 0 spiro atoms. The number of aliphatic carboxylic acids is 1. The van der Waals surface area contributed by atoms with Gasteiger partial charge < -0.3 is 37.0 Å². The number of hydrogen-bond donors (Lipinski definition) is 7. The first-order valence-electron chi connectivity index (χ1n) is 13.3. The number of phenolic OH excluding ortho intramolecular Hbond substituents is 2. The van der Waals surface area contributed by atoms with Crippen LogP contribution in [0.15, 0.2) is 48.5 Å². The SMILES string of the molecule is CCC(C)C(NC(=O)C(Cc1ccc(O)cc1)NC(=O)C(NC(=O)C(N)Cc1ccc(O)cc1)C(C)C)C(=O)O. The summed E-state index contributed by atoms with van der Waals surface area (Å²) in [6, 6.07) is 8.01. The Bertz CT molecular complexity index is 1150. The van der Waals surface area contributed by atoms with Crippen molar-refractivity contribution in [3.8, 4) is 11.5 Å². The second-order valence-electron chi connectivity index (χ2n) is 10.3. The van der Waals surface area contributed by atoms with E-state index in [4.69, 9.17) is 5.73 Å². The van der Waals surface area contributed by atoms with Crippen LogP contribution in [0.1, 0.15) is 45.2 Å². The number of carboxylic acid groups (broad SMARTS) is 1. The van der Waals surface area contributed by atoms with Gasteiger partial charge in [-0.2, -0.15) is 0 Å². The predicted octanol–water partition coefficient (Wildman–Crippen LogP) is 1.45. The monoisotopic (exact) mass is 556 g/mol. The first-order valence-corrected chi connectivity index (χ1v) is 13.3. The molecule has 8 N–H and O–H groups in total. The van der Waals surface area contributed by atoms with Gasteiger partial charge in [-0.05, 0) is 53.6 Å². The van der Waals surface area contributed by atoms with Crippen LogP contribution < -0.4 is 21.7 Å². The summed E-state index contributed by atoms with van der Waals surface area (Å²) in [5.41, 5.74) is 7.43. The third kappa shape index (κ3) is 9.57. The number of benzene rings is 2. The third-order valence-corrected chi connectivity index (χ3v) is 6.76. The number of aromatic hydroxyl groups is 2. The molecule has 0 bridgehead atoms. The fourth-order valence-corrected chi connectivity index (χ4v) is 4.05. The predicted molar refractivity (Wildman–Crippen MR) is 149 cm³/mol. The van der Waals surface area contributed by atoms with Crippen LogP contribution in [0.5, 0.6) is 11.5 Å². The van der Waals surface area contributed by atoms with Crippen molar-refractivity contribution in [3.05, 3.63) is 59.7 Å². The van der Waals surface area contributed by atoms with Crippen LogP contribution in [0.2, 0.25) is 0 Å². The average molecular weight is 557 g/mol. The molecule has 0 fully saturated rings. The lowest BCUT2D eigenvalue weighted by molar-refractivity contribution is -0.143. The first kappa shape index (κ1) is 32.1. The summed E-state index contributed by atoms with van der Waals surface area (Å²) in [7, 11) is 0. The highest BCUT2D eigenvalue weighted by Gasteiger charge is 2.33. The van der Waals surface area contributed by atoms with Gasteiger partial charge in [0, 0.05) is 6.42 Å². The second kappa shape index (κ2) is 14.9. The van der Waals surface area contributed by atoms with Crippen molar-refractivity contribution in [1.82, 2.24) is 16.0 Å². The Labute approximate surface area is 234 Å². The van der Waals surface area contributed by atoms with Crippen molar-refractivity contribution >= 4 is 23.7 Å². The summed E-state index contributed by atoms with van der Waals surface area (Å²) in [5, 5.41) is 36.6. The molecule has 2 aromatic rings. The molecule has 0 saturated carbocycles. The zero-order valence-corrected chi connectivity index (χ0v) is 23.3. The van der Waals surface area contributed by atoms with E-state index in [1.807, 2.05) is 6.92 Å². The van der Waals surface area contributed by atoms with Gasteiger partial charge in [0.1, 0.15) is 29.6 Å². The molecule has 0 radical (unpaired) electrons. The first-order chi connectivity index (χ1) is 18.8. The lowest BCUT2D eigenvalue weighted by Crippen LogP contribution is -2.59. The van der Waals surface area contributed by atoms with E-state index in [1.165, 1.54) is 24.3 Å². The van der Waals surface area contributed by atoms with Crippen molar-refractivity contribution in [1.29, 1.82) is 0 Å². The van der Waals surface area contributed by atoms with Gasteiger partial charge in [0.15, 0.2) is 0 Å². The van der Waals surface area contributed by atoms with Gasteiger partial charge in [0.2, 0.25) is 17.7 Å². The molecule has 0 aliphatic rings. The molecule has 5 unspecified atom stereocenters. The average Bonchev–Trinajstić information content (AvgIpc) is 2.91. The van der Waals surface area contributed by atoms with Gasteiger partial charge >= 0.3 is 5.97 Å². The highest BCUT2D eigenvalue weighted by molar-refractivity contribution is 5.94. The zero-order valence-electron chi connectivity index (χ0n) is 23.3. The van der Waals surface area contributed by atoms with E-state index in [-0.39, 0.29) is 36.2 Å². The molecule has 0 heterocycles. The Balaban J connectivity index is 2.21. The summed E-state index contributed by atoms with van der Waals surface area (Å²) in [5.74, 6) is -3.68. The molecule has 218 valence electrons. The fraction of sp³-hybridized carbons (Fsp3) is 0.448. The molecule has 0 saturated heterocycles. The third-order valence-electron chi connectivity index (χ3n) is 6.76. The van der Waals surface area contributed by atoms with Gasteiger partial charge in [0.25, 0.3) is 0 Å². The Hall–Kier alpha value is -4.12. The number of nitrogens with one attached hydrogen (secondary N) is 3. The van der Waals surface area contributed by atoms with Crippen molar-refractivity contribution in [2.24, 2.45) is 17.6 Å². The summed E-state index contributed by atoms with van der Waals surface area (Å²) < 4.78 is 0.